The van der Waals surface area contributed by atoms with Crippen molar-refractivity contribution in [2.24, 2.45) is 0 Å². The molecule has 7 nitrogen and oxygen atoms in total. The maximum absolute atomic E-state index is 12.9. The predicted molar refractivity (Wildman–Crippen MR) is 111 cm³/mol. The summed E-state index contributed by atoms with van der Waals surface area (Å²) in [5.74, 6) is -1.54. The zero-order chi connectivity index (χ0) is 21.8. The number of halogens is 1. The van der Waals surface area contributed by atoms with Crippen molar-refractivity contribution >= 4 is 29.5 Å². The standard InChI is InChI=1S/C21H23FN2O5S/c1-28-11-10-23-20(26)14-30-18-5-3-2-4-17(18)21(27)29-13-19(25)24-12-15-6-8-16(22)9-7-15/h2-9H,10-14H2,1H3,(H,23,26)(H,24,25). The molecule has 0 bridgehead atoms. The van der Waals surface area contributed by atoms with E-state index in [0.29, 0.717) is 18.0 Å². The van der Waals surface area contributed by atoms with Gasteiger partial charge in [0.1, 0.15) is 5.82 Å². The van der Waals surface area contributed by atoms with Gasteiger partial charge >= 0.3 is 5.97 Å². The minimum atomic E-state index is -0.658. The molecule has 0 unspecified atom stereocenters. The van der Waals surface area contributed by atoms with Gasteiger partial charge in [0.15, 0.2) is 6.61 Å². The minimum absolute atomic E-state index is 0.131. The van der Waals surface area contributed by atoms with Gasteiger partial charge in [0, 0.05) is 25.1 Å². The maximum atomic E-state index is 12.9. The van der Waals surface area contributed by atoms with Gasteiger partial charge in [-0.05, 0) is 29.8 Å². The van der Waals surface area contributed by atoms with Crippen molar-refractivity contribution in [3.8, 4) is 0 Å². The van der Waals surface area contributed by atoms with E-state index < -0.39 is 18.5 Å². The van der Waals surface area contributed by atoms with Crippen LogP contribution in [0.15, 0.2) is 53.4 Å². The molecule has 0 heterocycles. The third kappa shape index (κ3) is 8.22. The van der Waals surface area contributed by atoms with Gasteiger partial charge in [-0.15, -0.1) is 11.8 Å². The highest BCUT2D eigenvalue weighted by Gasteiger charge is 2.15. The monoisotopic (exact) mass is 434 g/mol. The Balaban J connectivity index is 1.81. The van der Waals surface area contributed by atoms with E-state index in [1.54, 1.807) is 43.5 Å². The van der Waals surface area contributed by atoms with Crippen molar-refractivity contribution in [2.45, 2.75) is 11.4 Å². The normalized spacial score (nSPS) is 10.3. The summed E-state index contributed by atoms with van der Waals surface area (Å²) < 4.78 is 22.8. The molecule has 0 aliphatic carbocycles. The SMILES string of the molecule is COCCNC(=O)CSc1ccccc1C(=O)OCC(=O)NCc1ccc(F)cc1. The largest absolute Gasteiger partial charge is 0.452 e. The smallest absolute Gasteiger partial charge is 0.339 e. The summed E-state index contributed by atoms with van der Waals surface area (Å²) in [4.78, 5) is 36.7. The van der Waals surface area contributed by atoms with E-state index in [1.165, 1.54) is 23.9 Å². The van der Waals surface area contributed by atoms with Gasteiger partial charge in [0.25, 0.3) is 5.91 Å². The van der Waals surface area contributed by atoms with Crippen LogP contribution in [0.25, 0.3) is 0 Å². The fourth-order valence-corrected chi connectivity index (χ4v) is 3.18. The van der Waals surface area contributed by atoms with E-state index in [0.717, 1.165) is 5.56 Å². The van der Waals surface area contributed by atoms with Crippen molar-refractivity contribution in [3.63, 3.8) is 0 Å². The molecule has 30 heavy (non-hydrogen) atoms. The first-order chi connectivity index (χ1) is 14.5. The number of ether oxygens (including phenoxy) is 2. The molecular formula is C21H23FN2O5S. The van der Waals surface area contributed by atoms with Crippen molar-refractivity contribution in [2.75, 3.05) is 32.6 Å². The fourth-order valence-electron chi connectivity index (χ4n) is 2.31. The third-order valence-corrected chi connectivity index (χ3v) is 4.90. The molecule has 0 saturated carbocycles. The summed E-state index contributed by atoms with van der Waals surface area (Å²) in [5, 5.41) is 5.30. The van der Waals surface area contributed by atoms with E-state index >= 15 is 0 Å². The number of carbonyl (C=O) groups excluding carboxylic acids is 3. The average molecular weight is 434 g/mol. The van der Waals surface area contributed by atoms with E-state index in [9.17, 15) is 18.8 Å². The quantitative estimate of drug-likeness (QED) is 0.320. The molecule has 9 heteroatoms. The number of hydrogen-bond donors (Lipinski definition) is 2. The molecule has 160 valence electrons. The Morgan fingerprint density at radius 2 is 1.73 bits per heavy atom. The molecule has 2 amide bonds. The summed E-state index contributed by atoms with van der Waals surface area (Å²) in [6.45, 7) is 0.576. The van der Waals surface area contributed by atoms with Crippen LogP contribution in [0.1, 0.15) is 15.9 Å². The molecule has 2 aromatic carbocycles. The van der Waals surface area contributed by atoms with Crippen LogP contribution in [0.5, 0.6) is 0 Å². The second-order valence-electron chi connectivity index (χ2n) is 6.11. The van der Waals surface area contributed by atoms with Crippen LogP contribution in [-0.4, -0.2) is 50.4 Å². The van der Waals surface area contributed by atoms with E-state index in [2.05, 4.69) is 10.6 Å². The zero-order valence-electron chi connectivity index (χ0n) is 16.5. The molecule has 0 fully saturated rings. The first-order valence-electron chi connectivity index (χ1n) is 9.15. The molecule has 2 rings (SSSR count). The van der Waals surface area contributed by atoms with Crippen LogP contribution in [0.3, 0.4) is 0 Å². The van der Waals surface area contributed by atoms with Gasteiger partial charge in [-0.25, -0.2) is 9.18 Å². The second-order valence-corrected chi connectivity index (χ2v) is 7.12. The Bertz CT molecular complexity index is 861. The van der Waals surface area contributed by atoms with Crippen molar-refractivity contribution in [1.82, 2.24) is 10.6 Å². The number of benzene rings is 2. The summed E-state index contributed by atoms with van der Waals surface area (Å²) in [6, 6.07) is 12.4. The summed E-state index contributed by atoms with van der Waals surface area (Å²) >= 11 is 1.20. The van der Waals surface area contributed by atoms with Gasteiger partial charge in [0.2, 0.25) is 5.91 Å². The fraction of sp³-hybridized carbons (Fsp3) is 0.286. The number of thioether (sulfide) groups is 1. The zero-order valence-corrected chi connectivity index (χ0v) is 17.3. The molecule has 0 radical (unpaired) electrons. The van der Waals surface area contributed by atoms with Gasteiger partial charge in [0.05, 0.1) is 17.9 Å². The Labute approximate surface area is 178 Å². The molecule has 2 N–H and O–H groups in total. The van der Waals surface area contributed by atoms with E-state index in [4.69, 9.17) is 9.47 Å². The maximum Gasteiger partial charge on any atom is 0.339 e. The first kappa shape index (κ1) is 23.4. The minimum Gasteiger partial charge on any atom is -0.452 e. The molecule has 0 spiro atoms. The predicted octanol–water partition coefficient (Wildman–Crippen LogP) is 2.15. The van der Waals surface area contributed by atoms with Crippen LogP contribution in [-0.2, 0) is 25.6 Å². The average Bonchev–Trinajstić information content (AvgIpc) is 2.76. The number of amides is 2. The van der Waals surface area contributed by atoms with Crippen molar-refractivity contribution < 1.29 is 28.2 Å². The van der Waals surface area contributed by atoms with Gasteiger partial charge in [-0.3, -0.25) is 9.59 Å². The topological polar surface area (TPSA) is 93.7 Å². The van der Waals surface area contributed by atoms with E-state index in [-0.39, 0.29) is 29.6 Å². The Morgan fingerprint density at radius 1 is 1.00 bits per heavy atom. The van der Waals surface area contributed by atoms with Gasteiger partial charge in [-0.1, -0.05) is 24.3 Å². The number of esters is 1. The molecule has 2 aromatic rings. The molecule has 0 aromatic heterocycles. The van der Waals surface area contributed by atoms with Crippen LogP contribution in [0.4, 0.5) is 4.39 Å². The number of rotatable bonds is 11. The van der Waals surface area contributed by atoms with Gasteiger partial charge < -0.3 is 20.1 Å². The summed E-state index contributed by atoms with van der Waals surface area (Å²) in [6.07, 6.45) is 0. The molecule has 0 aliphatic heterocycles. The molecular weight excluding hydrogens is 411 g/mol. The van der Waals surface area contributed by atoms with Gasteiger partial charge in [-0.2, -0.15) is 0 Å². The number of hydrogen-bond acceptors (Lipinski definition) is 6. The highest BCUT2D eigenvalue weighted by molar-refractivity contribution is 8.00. The lowest BCUT2D eigenvalue weighted by Gasteiger charge is -2.10. The number of nitrogens with one attached hydrogen (secondary N) is 2. The number of methoxy groups -OCH3 is 1. The van der Waals surface area contributed by atoms with Crippen LogP contribution in [0.2, 0.25) is 0 Å². The summed E-state index contributed by atoms with van der Waals surface area (Å²) in [5.41, 5.74) is 1.00. The number of carbonyl (C=O) groups is 3. The Hall–Kier alpha value is -2.91. The van der Waals surface area contributed by atoms with Crippen LogP contribution in [0, 0.1) is 5.82 Å². The lowest BCUT2D eigenvalue weighted by atomic mass is 10.2. The van der Waals surface area contributed by atoms with Crippen LogP contribution >= 0.6 is 11.8 Å². The lowest BCUT2D eigenvalue weighted by molar-refractivity contribution is -0.124. The molecule has 0 aliphatic rings. The highest BCUT2D eigenvalue weighted by atomic mass is 32.2. The summed E-state index contributed by atoms with van der Waals surface area (Å²) in [7, 11) is 1.55. The lowest BCUT2D eigenvalue weighted by Crippen LogP contribution is -2.29. The van der Waals surface area contributed by atoms with E-state index in [1.807, 2.05) is 0 Å². The van der Waals surface area contributed by atoms with Crippen molar-refractivity contribution in [1.29, 1.82) is 0 Å². The van der Waals surface area contributed by atoms with Crippen molar-refractivity contribution in [3.05, 3.63) is 65.5 Å². The second kappa shape index (κ2) is 12.6. The highest BCUT2D eigenvalue weighted by Crippen LogP contribution is 2.23. The Kier molecular flexibility index (Phi) is 9.82. The first-order valence-corrected chi connectivity index (χ1v) is 10.1. The Morgan fingerprint density at radius 3 is 2.47 bits per heavy atom. The van der Waals surface area contributed by atoms with Crippen LogP contribution < -0.4 is 10.6 Å². The molecule has 0 atom stereocenters. The molecule has 0 saturated heterocycles. The third-order valence-electron chi connectivity index (χ3n) is 3.83.